The zero-order valence-corrected chi connectivity index (χ0v) is 9.98. The Hall–Kier alpha value is -1.13. The molecule has 0 amide bonds. The lowest BCUT2D eigenvalue weighted by atomic mass is 10.1. The predicted octanol–water partition coefficient (Wildman–Crippen LogP) is 0.813. The summed E-state index contributed by atoms with van der Waals surface area (Å²) in [6.45, 7) is 5.82. The third kappa shape index (κ3) is 5.09. The second-order valence-electron chi connectivity index (χ2n) is 4.50. The minimum atomic E-state index is -0.374. The minimum Gasteiger partial charge on any atom is -0.391 e. The number of anilines is 1. The van der Waals surface area contributed by atoms with Crippen LogP contribution in [0.2, 0.25) is 0 Å². The van der Waals surface area contributed by atoms with E-state index >= 15 is 0 Å². The maximum Gasteiger partial charge on any atom is 0.123 e. The van der Waals surface area contributed by atoms with Gasteiger partial charge in [-0.2, -0.15) is 0 Å². The summed E-state index contributed by atoms with van der Waals surface area (Å²) >= 11 is 0. The normalized spacial score (nSPS) is 13.0. The fourth-order valence-corrected chi connectivity index (χ4v) is 1.50. The maximum atomic E-state index is 9.78. The summed E-state index contributed by atoms with van der Waals surface area (Å²) in [6.07, 6.45) is 1.90. The Kier molecular flexibility index (Phi) is 5.22. The molecule has 0 aliphatic heterocycles. The molecular formula is C12H21N3O. The standard InChI is InChI=1S/C12H21N3O/c1-9(2)7-14-8-11(16)5-10-3-4-15-12(13)6-10/h3-4,6,9,11,14,16H,5,7-8H2,1-2H3,(H2,13,15). The van der Waals surface area contributed by atoms with Gasteiger partial charge in [-0.15, -0.1) is 0 Å². The summed E-state index contributed by atoms with van der Waals surface area (Å²) in [4.78, 5) is 3.91. The Morgan fingerprint density at radius 2 is 2.19 bits per heavy atom. The van der Waals surface area contributed by atoms with Gasteiger partial charge in [0.25, 0.3) is 0 Å². The van der Waals surface area contributed by atoms with Crippen LogP contribution in [0.4, 0.5) is 5.82 Å². The second kappa shape index (κ2) is 6.45. The number of nitrogens with two attached hydrogens (primary N) is 1. The molecule has 0 aliphatic carbocycles. The van der Waals surface area contributed by atoms with Crippen LogP contribution in [0.1, 0.15) is 19.4 Å². The zero-order valence-electron chi connectivity index (χ0n) is 9.98. The number of aromatic nitrogens is 1. The molecule has 0 fully saturated rings. The highest BCUT2D eigenvalue weighted by atomic mass is 16.3. The van der Waals surface area contributed by atoms with Crippen molar-refractivity contribution in [1.29, 1.82) is 0 Å². The Balaban J connectivity index is 2.31. The number of rotatable bonds is 6. The first-order chi connectivity index (χ1) is 7.58. The van der Waals surface area contributed by atoms with E-state index < -0.39 is 0 Å². The van der Waals surface area contributed by atoms with Gasteiger partial charge >= 0.3 is 0 Å². The molecule has 1 aromatic rings. The largest absolute Gasteiger partial charge is 0.391 e. The molecular weight excluding hydrogens is 202 g/mol. The average molecular weight is 223 g/mol. The quantitative estimate of drug-likeness (QED) is 0.667. The summed E-state index contributed by atoms with van der Waals surface area (Å²) in [6, 6.07) is 3.67. The molecule has 1 aromatic heterocycles. The minimum absolute atomic E-state index is 0.374. The molecule has 0 saturated heterocycles. The van der Waals surface area contributed by atoms with Gasteiger partial charge in [0.05, 0.1) is 6.10 Å². The molecule has 1 rings (SSSR count). The van der Waals surface area contributed by atoms with Crippen LogP contribution in [-0.2, 0) is 6.42 Å². The van der Waals surface area contributed by atoms with Crippen molar-refractivity contribution in [1.82, 2.24) is 10.3 Å². The van der Waals surface area contributed by atoms with Crippen molar-refractivity contribution < 1.29 is 5.11 Å². The van der Waals surface area contributed by atoms with E-state index in [1.165, 1.54) is 0 Å². The number of aliphatic hydroxyl groups excluding tert-OH is 1. The Morgan fingerprint density at radius 3 is 2.81 bits per heavy atom. The van der Waals surface area contributed by atoms with Crippen LogP contribution in [0.25, 0.3) is 0 Å². The number of pyridine rings is 1. The lowest BCUT2D eigenvalue weighted by molar-refractivity contribution is 0.170. The van der Waals surface area contributed by atoms with Gasteiger partial charge in [0, 0.05) is 12.7 Å². The van der Waals surface area contributed by atoms with E-state index in [0.29, 0.717) is 24.7 Å². The molecule has 0 radical (unpaired) electrons. The van der Waals surface area contributed by atoms with E-state index in [1.807, 2.05) is 6.07 Å². The summed E-state index contributed by atoms with van der Waals surface area (Å²) in [5.41, 5.74) is 6.59. The first-order valence-corrected chi connectivity index (χ1v) is 5.67. The number of nitrogen functional groups attached to an aromatic ring is 1. The van der Waals surface area contributed by atoms with Crippen molar-refractivity contribution in [3.05, 3.63) is 23.9 Å². The highest BCUT2D eigenvalue weighted by Gasteiger charge is 2.06. The van der Waals surface area contributed by atoms with Crippen molar-refractivity contribution >= 4 is 5.82 Å². The monoisotopic (exact) mass is 223 g/mol. The van der Waals surface area contributed by atoms with Crippen molar-refractivity contribution in [3.63, 3.8) is 0 Å². The van der Waals surface area contributed by atoms with Gasteiger partial charge in [0.1, 0.15) is 5.82 Å². The van der Waals surface area contributed by atoms with Crippen LogP contribution >= 0.6 is 0 Å². The van der Waals surface area contributed by atoms with Crippen LogP contribution in [-0.4, -0.2) is 29.3 Å². The first kappa shape index (κ1) is 12.9. The number of hydrogen-bond acceptors (Lipinski definition) is 4. The lowest BCUT2D eigenvalue weighted by Crippen LogP contribution is -2.30. The Morgan fingerprint density at radius 1 is 1.44 bits per heavy atom. The number of aliphatic hydroxyl groups is 1. The molecule has 1 unspecified atom stereocenters. The maximum absolute atomic E-state index is 9.78. The highest BCUT2D eigenvalue weighted by Crippen LogP contribution is 2.05. The third-order valence-electron chi connectivity index (χ3n) is 2.25. The zero-order chi connectivity index (χ0) is 12.0. The molecule has 4 N–H and O–H groups in total. The number of nitrogens with one attached hydrogen (secondary N) is 1. The smallest absolute Gasteiger partial charge is 0.123 e. The summed E-state index contributed by atoms with van der Waals surface area (Å²) in [5.74, 6) is 1.10. The van der Waals surface area contributed by atoms with Crippen molar-refractivity contribution in [2.45, 2.75) is 26.4 Å². The molecule has 0 aromatic carbocycles. The van der Waals surface area contributed by atoms with E-state index in [-0.39, 0.29) is 6.10 Å². The highest BCUT2D eigenvalue weighted by molar-refractivity contribution is 5.32. The molecule has 0 saturated carbocycles. The van der Waals surface area contributed by atoms with Crippen molar-refractivity contribution in [2.75, 3.05) is 18.8 Å². The molecule has 0 aliphatic rings. The molecule has 0 spiro atoms. The van der Waals surface area contributed by atoms with Gasteiger partial charge in [0.15, 0.2) is 0 Å². The van der Waals surface area contributed by atoms with E-state index in [4.69, 9.17) is 5.73 Å². The van der Waals surface area contributed by atoms with Crippen LogP contribution in [0, 0.1) is 5.92 Å². The van der Waals surface area contributed by atoms with Gasteiger partial charge in [-0.1, -0.05) is 13.8 Å². The topological polar surface area (TPSA) is 71.2 Å². The summed E-state index contributed by atoms with van der Waals surface area (Å²) in [5, 5.41) is 13.0. The first-order valence-electron chi connectivity index (χ1n) is 5.67. The third-order valence-corrected chi connectivity index (χ3v) is 2.25. The molecule has 1 atom stereocenters. The molecule has 1 heterocycles. The SMILES string of the molecule is CC(C)CNCC(O)Cc1ccnc(N)c1. The van der Waals surface area contributed by atoms with Gasteiger partial charge in [-0.05, 0) is 36.6 Å². The summed E-state index contributed by atoms with van der Waals surface area (Å²) in [7, 11) is 0. The van der Waals surface area contributed by atoms with Gasteiger partial charge in [-0.3, -0.25) is 0 Å². The molecule has 4 heteroatoms. The lowest BCUT2D eigenvalue weighted by Gasteiger charge is -2.13. The molecule has 90 valence electrons. The van der Waals surface area contributed by atoms with Crippen LogP contribution in [0.15, 0.2) is 18.3 Å². The van der Waals surface area contributed by atoms with Crippen LogP contribution in [0.3, 0.4) is 0 Å². The van der Waals surface area contributed by atoms with Gasteiger partial charge < -0.3 is 16.2 Å². The Bertz CT molecular complexity index is 315. The number of nitrogens with zero attached hydrogens (tertiary/aromatic N) is 1. The van der Waals surface area contributed by atoms with Crippen LogP contribution < -0.4 is 11.1 Å². The predicted molar refractivity (Wildman–Crippen MR) is 66.1 cm³/mol. The van der Waals surface area contributed by atoms with E-state index in [2.05, 4.69) is 24.1 Å². The van der Waals surface area contributed by atoms with Gasteiger partial charge in [0.2, 0.25) is 0 Å². The van der Waals surface area contributed by atoms with Crippen LogP contribution in [0.5, 0.6) is 0 Å². The molecule has 4 nitrogen and oxygen atoms in total. The second-order valence-corrected chi connectivity index (χ2v) is 4.50. The van der Waals surface area contributed by atoms with Gasteiger partial charge in [-0.25, -0.2) is 4.98 Å². The summed E-state index contributed by atoms with van der Waals surface area (Å²) < 4.78 is 0. The number of hydrogen-bond donors (Lipinski definition) is 3. The molecule has 0 bridgehead atoms. The average Bonchev–Trinajstić information content (AvgIpc) is 2.16. The fourth-order valence-electron chi connectivity index (χ4n) is 1.50. The fraction of sp³-hybridized carbons (Fsp3) is 0.583. The van der Waals surface area contributed by atoms with Crippen molar-refractivity contribution in [2.24, 2.45) is 5.92 Å². The van der Waals surface area contributed by atoms with E-state index in [9.17, 15) is 5.11 Å². The Labute approximate surface area is 96.9 Å². The van der Waals surface area contributed by atoms with E-state index in [0.717, 1.165) is 12.1 Å². The van der Waals surface area contributed by atoms with E-state index in [1.54, 1.807) is 12.3 Å². The molecule has 16 heavy (non-hydrogen) atoms. The van der Waals surface area contributed by atoms with Crippen molar-refractivity contribution in [3.8, 4) is 0 Å².